The molecule has 2 N–H and O–H groups in total. The van der Waals surface area contributed by atoms with Gasteiger partial charge in [-0.25, -0.2) is 9.07 Å². The van der Waals surface area contributed by atoms with Crippen LogP contribution < -0.4 is 5.73 Å². The Hall–Kier alpha value is -0.630. The van der Waals surface area contributed by atoms with E-state index >= 15 is 0 Å². The number of rotatable bonds is 1. The lowest BCUT2D eigenvalue weighted by Crippen LogP contribution is -1.97. The van der Waals surface area contributed by atoms with E-state index in [0.717, 1.165) is 8.45 Å². The first-order valence-corrected chi connectivity index (χ1v) is 5.78. The quantitative estimate of drug-likeness (QED) is 0.820. The van der Waals surface area contributed by atoms with E-state index in [1.54, 1.807) is 7.05 Å². The fourth-order valence-electron chi connectivity index (χ4n) is 1.12. The third kappa shape index (κ3) is 1.42. The maximum Gasteiger partial charge on any atom is 0.193 e. The van der Waals surface area contributed by atoms with Crippen LogP contribution in [0.1, 0.15) is 0 Å². The van der Waals surface area contributed by atoms with Gasteiger partial charge in [0, 0.05) is 10.6 Å². The molecule has 2 rings (SSSR count). The Morgan fingerprint density at radius 2 is 2.36 bits per heavy atom. The third-order valence-electron chi connectivity index (χ3n) is 1.86. The summed E-state index contributed by atoms with van der Waals surface area (Å²) < 4.78 is 15.9. The first kappa shape index (κ1) is 9.91. The van der Waals surface area contributed by atoms with Gasteiger partial charge < -0.3 is 5.73 Å². The molecule has 0 amide bonds. The van der Waals surface area contributed by atoms with E-state index in [9.17, 15) is 4.39 Å². The van der Waals surface area contributed by atoms with E-state index in [1.807, 2.05) is 11.4 Å². The number of hydrogen-bond acceptors (Lipinski definition) is 3. The number of anilines is 1. The van der Waals surface area contributed by atoms with Gasteiger partial charge in [-0.05, 0) is 34.0 Å². The molecule has 2 aromatic heterocycles. The highest BCUT2D eigenvalue weighted by Crippen LogP contribution is 2.32. The lowest BCUT2D eigenvalue weighted by molar-refractivity contribution is 0.634. The highest BCUT2D eigenvalue weighted by molar-refractivity contribution is 14.1. The molecular weight excluding hydrogens is 316 g/mol. The average molecular weight is 323 g/mol. The second kappa shape index (κ2) is 3.50. The fraction of sp³-hybridized carbons (Fsp3) is 0.125. The van der Waals surface area contributed by atoms with Crippen LogP contribution in [0.3, 0.4) is 0 Å². The van der Waals surface area contributed by atoms with Crippen molar-refractivity contribution in [2.24, 2.45) is 7.05 Å². The van der Waals surface area contributed by atoms with Gasteiger partial charge in [0.05, 0.1) is 4.88 Å². The molecule has 0 aromatic carbocycles. The molecule has 0 spiro atoms. The van der Waals surface area contributed by atoms with Crippen LogP contribution in [0, 0.1) is 9.39 Å². The van der Waals surface area contributed by atoms with Crippen LogP contribution >= 0.6 is 33.9 Å². The molecule has 6 heteroatoms. The molecule has 0 saturated carbocycles. The lowest BCUT2D eigenvalue weighted by Gasteiger charge is -1.91. The van der Waals surface area contributed by atoms with Crippen molar-refractivity contribution in [1.82, 2.24) is 9.78 Å². The van der Waals surface area contributed by atoms with E-state index in [0.29, 0.717) is 5.69 Å². The summed E-state index contributed by atoms with van der Waals surface area (Å²) in [6, 6.07) is 1.92. The summed E-state index contributed by atoms with van der Waals surface area (Å²) in [4.78, 5) is 0.829. The molecule has 0 aliphatic carbocycles. The van der Waals surface area contributed by atoms with Crippen LogP contribution in [0.5, 0.6) is 0 Å². The summed E-state index contributed by atoms with van der Waals surface area (Å²) in [5.74, 6) is -0.364. The molecule has 74 valence electrons. The van der Waals surface area contributed by atoms with E-state index in [1.165, 1.54) is 16.0 Å². The summed E-state index contributed by atoms with van der Waals surface area (Å²) in [7, 11) is 1.63. The molecule has 0 unspecified atom stereocenters. The Bertz CT molecular complexity index is 477. The summed E-state index contributed by atoms with van der Waals surface area (Å²) in [5, 5.41) is 5.94. The van der Waals surface area contributed by atoms with Crippen molar-refractivity contribution in [3.63, 3.8) is 0 Å². The van der Waals surface area contributed by atoms with Crippen molar-refractivity contribution in [3.8, 4) is 10.6 Å². The van der Waals surface area contributed by atoms with Crippen molar-refractivity contribution in [2.75, 3.05) is 5.73 Å². The van der Waals surface area contributed by atoms with Crippen LogP contribution in [0.4, 0.5) is 10.2 Å². The van der Waals surface area contributed by atoms with Crippen molar-refractivity contribution in [3.05, 3.63) is 20.8 Å². The molecule has 0 bridgehead atoms. The zero-order chi connectivity index (χ0) is 10.3. The van der Waals surface area contributed by atoms with Crippen LogP contribution in [0.2, 0.25) is 0 Å². The number of halogens is 2. The molecule has 14 heavy (non-hydrogen) atoms. The Balaban J connectivity index is 2.63. The molecule has 0 radical (unpaired) electrons. The predicted octanol–water partition coefficient (Wildman–Crippen LogP) is 2.47. The highest BCUT2D eigenvalue weighted by atomic mass is 127. The van der Waals surface area contributed by atoms with Crippen LogP contribution in [-0.4, -0.2) is 9.78 Å². The number of nitrogens with zero attached hydrogens (tertiary/aromatic N) is 2. The van der Waals surface area contributed by atoms with Gasteiger partial charge in [0.25, 0.3) is 0 Å². The van der Waals surface area contributed by atoms with Gasteiger partial charge >= 0.3 is 0 Å². The predicted molar refractivity (Wildman–Crippen MR) is 63.6 cm³/mol. The Morgan fingerprint density at radius 3 is 2.79 bits per heavy atom. The maximum absolute atomic E-state index is 13.6. The van der Waals surface area contributed by atoms with Crippen LogP contribution in [0.25, 0.3) is 10.6 Å². The average Bonchev–Trinajstić information content (AvgIpc) is 2.66. The minimum absolute atomic E-state index is 0.0733. The molecular formula is C8H7FIN3S. The van der Waals surface area contributed by atoms with E-state index in [4.69, 9.17) is 5.73 Å². The molecule has 0 fully saturated rings. The second-order valence-corrected chi connectivity index (χ2v) is 4.85. The van der Waals surface area contributed by atoms with Crippen molar-refractivity contribution in [1.29, 1.82) is 0 Å². The van der Waals surface area contributed by atoms with E-state index in [2.05, 4.69) is 27.7 Å². The minimum atomic E-state index is -0.437. The molecule has 0 aliphatic rings. The molecule has 0 atom stereocenters. The monoisotopic (exact) mass is 323 g/mol. The number of aryl methyl sites for hydroxylation is 1. The number of nitrogens with two attached hydrogens (primary N) is 1. The lowest BCUT2D eigenvalue weighted by atomic mass is 10.3. The first-order valence-electron chi connectivity index (χ1n) is 3.82. The standard InChI is InChI=1S/C8H7FIN3S/c1-13-8(11)5(9)6(12-13)7-4(10)2-3-14-7/h2-3H,11H2,1H3. The zero-order valence-corrected chi connectivity index (χ0v) is 10.3. The maximum atomic E-state index is 13.6. The number of nitrogen functional groups attached to an aromatic ring is 1. The van der Waals surface area contributed by atoms with Gasteiger partial charge in [-0.3, -0.25) is 0 Å². The van der Waals surface area contributed by atoms with Gasteiger partial charge in [-0.15, -0.1) is 11.3 Å². The summed E-state index contributed by atoms with van der Waals surface area (Å²) in [6.45, 7) is 0. The van der Waals surface area contributed by atoms with Crippen LogP contribution in [-0.2, 0) is 7.05 Å². The second-order valence-electron chi connectivity index (χ2n) is 2.77. The minimum Gasteiger partial charge on any atom is -0.381 e. The highest BCUT2D eigenvalue weighted by Gasteiger charge is 2.17. The van der Waals surface area contributed by atoms with E-state index in [-0.39, 0.29) is 5.82 Å². The summed E-state index contributed by atoms with van der Waals surface area (Å²) in [5.41, 5.74) is 5.82. The summed E-state index contributed by atoms with van der Waals surface area (Å²) in [6.07, 6.45) is 0. The molecule has 3 nitrogen and oxygen atoms in total. The zero-order valence-electron chi connectivity index (χ0n) is 7.29. The number of aromatic nitrogens is 2. The Labute approximate surface area is 97.9 Å². The smallest absolute Gasteiger partial charge is 0.193 e. The molecule has 2 aromatic rings. The number of hydrogen-bond donors (Lipinski definition) is 1. The van der Waals surface area contributed by atoms with Gasteiger partial charge in [0.2, 0.25) is 0 Å². The topological polar surface area (TPSA) is 43.8 Å². The third-order valence-corrected chi connectivity index (χ3v) is 4.05. The van der Waals surface area contributed by atoms with Gasteiger partial charge in [0.15, 0.2) is 11.6 Å². The Kier molecular flexibility index (Phi) is 2.48. The largest absolute Gasteiger partial charge is 0.381 e. The van der Waals surface area contributed by atoms with E-state index < -0.39 is 5.82 Å². The first-order chi connectivity index (χ1) is 6.61. The molecule has 0 saturated heterocycles. The van der Waals surface area contributed by atoms with Gasteiger partial charge in [-0.1, -0.05) is 0 Å². The summed E-state index contributed by atoms with van der Waals surface area (Å²) >= 11 is 3.61. The van der Waals surface area contributed by atoms with Crippen molar-refractivity contribution in [2.45, 2.75) is 0 Å². The van der Waals surface area contributed by atoms with Gasteiger partial charge in [-0.2, -0.15) is 5.10 Å². The Morgan fingerprint density at radius 1 is 1.64 bits per heavy atom. The van der Waals surface area contributed by atoms with Crippen LogP contribution in [0.15, 0.2) is 11.4 Å². The van der Waals surface area contributed by atoms with Crippen molar-refractivity contribution < 1.29 is 4.39 Å². The molecule has 2 heterocycles. The normalized spacial score (nSPS) is 10.8. The fourth-order valence-corrected chi connectivity index (χ4v) is 2.94. The van der Waals surface area contributed by atoms with Gasteiger partial charge in [0.1, 0.15) is 5.69 Å². The number of thiophene rings is 1. The molecule has 0 aliphatic heterocycles. The SMILES string of the molecule is Cn1nc(-c2sccc2I)c(F)c1N. The van der Waals surface area contributed by atoms with Crippen molar-refractivity contribution >= 4 is 39.7 Å².